The van der Waals surface area contributed by atoms with Crippen molar-refractivity contribution >= 4 is 11.8 Å². The second-order valence-electron chi connectivity index (χ2n) is 5.17. The Balaban J connectivity index is 2.32. The monoisotopic (exact) mass is 245 g/mol. The molecule has 0 aromatic rings. The van der Waals surface area contributed by atoms with Crippen LogP contribution in [0.15, 0.2) is 0 Å². The Morgan fingerprint density at radius 1 is 1.38 bits per heavy atom. The molecule has 0 saturated heterocycles. The third-order valence-electron chi connectivity index (χ3n) is 3.85. The summed E-state index contributed by atoms with van der Waals surface area (Å²) < 4.78 is 0. The van der Waals surface area contributed by atoms with Crippen LogP contribution in [0.25, 0.3) is 0 Å². The number of hydrogen-bond acceptors (Lipinski definition) is 3. The summed E-state index contributed by atoms with van der Waals surface area (Å²) in [6.07, 6.45) is 6.83. The van der Waals surface area contributed by atoms with Gasteiger partial charge in [0.2, 0.25) is 0 Å². The van der Waals surface area contributed by atoms with Crippen LogP contribution in [-0.2, 0) is 0 Å². The van der Waals surface area contributed by atoms with Gasteiger partial charge in [-0.3, -0.25) is 0 Å². The van der Waals surface area contributed by atoms with Crippen molar-refractivity contribution in [3.63, 3.8) is 0 Å². The first kappa shape index (κ1) is 14.3. The zero-order valence-corrected chi connectivity index (χ0v) is 11.8. The second-order valence-corrected chi connectivity index (χ2v) is 6.16. The van der Waals surface area contributed by atoms with Gasteiger partial charge in [-0.15, -0.1) is 0 Å². The highest BCUT2D eigenvalue weighted by Gasteiger charge is 2.28. The minimum absolute atomic E-state index is 0.0560. The summed E-state index contributed by atoms with van der Waals surface area (Å²) in [5, 5.41) is 10.0. The minimum atomic E-state index is -0.0560. The molecule has 3 unspecified atom stereocenters. The van der Waals surface area contributed by atoms with Gasteiger partial charge in [-0.2, -0.15) is 11.8 Å². The van der Waals surface area contributed by atoms with Crippen molar-refractivity contribution in [1.29, 1.82) is 0 Å². The van der Waals surface area contributed by atoms with Crippen molar-refractivity contribution in [2.24, 2.45) is 11.8 Å². The van der Waals surface area contributed by atoms with Gasteiger partial charge in [0.1, 0.15) is 0 Å². The highest BCUT2D eigenvalue weighted by atomic mass is 32.2. The van der Waals surface area contributed by atoms with Crippen molar-refractivity contribution in [2.75, 3.05) is 32.1 Å². The normalized spacial score (nSPS) is 30.9. The maximum Gasteiger partial charge on any atom is 0.0580 e. The summed E-state index contributed by atoms with van der Waals surface area (Å²) in [4.78, 5) is 2.38. The molecule has 16 heavy (non-hydrogen) atoms. The molecule has 0 heterocycles. The van der Waals surface area contributed by atoms with Gasteiger partial charge in [0.15, 0.2) is 0 Å². The highest BCUT2D eigenvalue weighted by Crippen LogP contribution is 2.31. The zero-order valence-electron chi connectivity index (χ0n) is 11.0. The number of rotatable bonds is 6. The Morgan fingerprint density at radius 3 is 2.75 bits per heavy atom. The van der Waals surface area contributed by atoms with Gasteiger partial charge in [-0.05, 0) is 44.4 Å². The van der Waals surface area contributed by atoms with Crippen molar-refractivity contribution in [3.8, 4) is 0 Å². The van der Waals surface area contributed by atoms with E-state index in [4.69, 9.17) is 0 Å². The Hall–Kier alpha value is 0.270. The van der Waals surface area contributed by atoms with Crippen LogP contribution in [0.3, 0.4) is 0 Å². The lowest BCUT2D eigenvalue weighted by atomic mass is 9.78. The Bertz CT molecular complexity index is 189. The topological polar surface area (TPSA) is 23.5 Å². The first-order valence-electron chi connectivity index (χ1n) is 6.52. The van der Waals surface area contributed by atoms with Crippen LogP contribution < -0.4 is 0 Å². The van der Waals surface area contributed by atoms with Gasteiger partial charge in [0.25, 0.3) is 0 Å². The lowest BCUT2D eigenvalue weighted by Gasteiger charge is -2.35. The van der Waals surface area contributed by atoms with Crippen LogP contribution in [0.2, 0.25) is 0 Å². The van der Waals surface area contributed by atoms with E-state index in [-0.39, 0.29) is 6.10 Å². The van der Waals surface area contributed by atoms with Gasteiger partial charge in [-0.1, -0.05) is 13.3 Å². The molecule has 1 N–H and O–H groups in total. The summed E-state index contributed by atoms with van der Waals surface area (Å²) in [6.45, 7) is 4.48. The third-order valence-corrected chi connectivity index (χ3v) is 4.44. The molecule has 0 spiro atoms. The van der Waals surface area contributed by atoms with Crippen molar-refractivity contribution < 1.29 is 5.11 Å². The molecule has 96 valence electrons. The standard InChI is InChI=1S/C13H27NOS/c1-4-11-5-6-13(15)12(9-11)10-14(2)7-8-16-3/h11-13,15H,4-10H2,1-3H3. The van der Waals surface area contributed by atoms with Gasteiger partial charge in [0.05, 0.1) is 6.10 Å². The summed E-state index contributed by atoms with van der Waals surface area (Å²) in [5.41, 5.74) is 0. The van der Waals surface area contributed by atoms with Crippen LogP contribution in [0.5, 0.6) is 0 Å². The number of aliphatic hydroxyl groups is 1. The van der Waals surface area contributed by atoms with E-state index in [1.165, 1.54) is 25.0 Å². The molecule has 3 atom stereocenters. The Labute approximate surface area is 105 Å². The average molecular weight is 245 g/mol. The van der Waals surface area contributed by atoms with Crippen LogP contribution in [0.4, 0.5) is 0 Å². The van der Waals surface area contributed by atoms with Crippen LogP contribution in [-0.4, -0.2) is 48.3 Å². The number of nitrogens with zero attached hydrogens (tertiary/aromatic N) is 1. The predicted molar refractivity (Wildman–Crippen MR) is 73.0 cm³/mol. The fraction of sp³-hybridized carbons (Fsp3) is 1.00. The quantitative estimate of drug-likeness (QED) is 0.777. The zero-order chi connectivity index (χ0) is 12.0. The van der Waals surface area contributed by atoms with E-state index < -0.39 is 0 Å². The van der Waals surface area contributed by atoms with Gasteiger partial charge in [0, 0.05) is 18.8 Å². The lowest BCUT2D eigenvalue weighted by molar-refractivity contribution is 0.0319. The number of aliphatic hydroxyl groups excluding tert-OH is 1. The maximum absolute atomic E-state index is 10.0. The van der Waals surface area contributed by atoms with E-state index in [1.54, 1.807) is 0 Å². The fourth-order valence-electron chi connectivity index (χ4n) is 2.65. The molecule has 1 saturated carbocycles. The SMILES string of the molecule is CCC1CCC(O)C(CN(C)CCSC)C1. The minimum Gasteiger partial charge on any atom is -0.393 e. The first-order chi connectivity index (χ1) is 7.67. The molecule has 1 rings (SSSR count). The fourth-order valence-corrected chi connectivity index (χ4v) is 3.15. The van der Waals surface area contributed by atoms with Crippen molar-refractivity contribution in [2.45, 2.75) is 38.7 Å². The van der Waals surface area contributed by atoms with Crippen LogP contribution >= 0.6 is 11.8 Å². The van der Waals surface area contributed by atoms with Crippen molar-refractivity contribution in [1.82, 2.24) is 4.90 Å². The highest BCUT2D eigenvalue weighted by molar-refractivity contribution is 7.98. The maximum atomic E-state index is 10.0. The van der Waals surface area contributed by atoms with E-state index in [2.05, 4.69) is 25.1 Å². The van der Waals surface area contributed by atoms with Crippen molar-refractivity contribution in [3.05, 3.63) is 0 Å². The molecular formula is C13H27NOS. The van der Waals surface area contributed by atoms with E-state index in [1.807, 2.05) is 11.8 Å². The number of hydrogen-bond donors (Lipinski definition) is 1. The molecule has 2 nitrogen and oxygen atoms in total. The summed E-state index contributed by atoms with van der Waals surface area (Å²) in [7, 11) is 2.18. The summed E-state index contributed by atoms with van der Waals surface area (Å²) >= 11 is 1.89. The molecule has 0 amide bonds. The molecule has 1 fully saturated rings. The molecule has 0 aliphatic heterocycles. The van der Waals surface area contributed by atoms with Gasteiger partial charge in [-0.25, -0.2) is 0 Å². The average Bonchev–Trinajstić information content (AvgIpc) is 2.29. The largest absolute Gasteiger partial charge is 0.393 e. The molecule has 0 bridgehead atoms. The van der Waals surface area contributed by atoms with Crippen LogP contribution in [0, 0.1) is 11.8 Å². The van der Waals surface area contributed by atoms with E-state index in [0.717, 1.165) is 25.4 Å². The predicted octanol–water partition coefficient (Wildman–Crippen LogP) is 2.47. The third kappa shape index (κ3) is 4.64. The second kappa shape index (κ2) is 7.57. The summed E-state index contributed by atoms with van der Waals surface area (Å²) in [5.74, 6) is 2.55. The molecule has 0 aromatic heterocycles. The smallest absolute Gasteiger partial charge is 0.0580 e. The molecular weight excluding hydrogens is 218 g/mol. The van der Waals surface area contributed by atoms with Gasteiger partial charge < -0.3 is 10.0 Å². The molecule has 0 radical (unpaired) electrons. The molecule has 1 aliphatic carbocycles. The Morgan fingerprint density at radius 2 is 2.12 bits per heavy atom. The first-order valence-corrected chi connectivity index (χ1v) is 7.92. The Kier molecular flexibility index (Phi) is 6.78. The van der Waals surface area contributed by atoms with E-state index >= 15 is 0 Å². The summed E-state index contributed by atoms with van der Waals surface area (Å²) in [6, 6.07) is 0. The van der Waals surface area contributed by atoms with Crippen LogP contribution in [0.1, 0.15) is 32.6 Å². The number of thioether (sulfide) groups is 1. The van der Waals surface area contributed by atoms with Gasteiger partial charge >= 0.3 is 0 Å². The molecule has 0 aromatic carbocycles. The van der Waals surface area contributed by atoms with E-state index in [9.17, 15) is 5.11 Å². The lowest BCUT2D eigenvalue weighted by Crippen LogP contribution is -2.38. The van der Waals surface area contributed by atoms with E-state index in [0.29, 0.717) is 5.92 Å². The molecule has 3 heteroatoms. The molecule has 1 aliphatic rings.